The largest absolute Gasteiger partial charge is 0.373 e. The second-order valence-corrected chi connectivity index (χ2v) is 2.18. The lowest BCUT2D eigenvalue weighted by molar-refractivity contribution is 0.425. The fraction of sp³-hybridized carbons (Fsp3) is 1.00. The molecule has 0 aliphatic carbocycles. The van der Waals surface area contributed by atoms with Crippen molar-refractivity contribution in [3.05, 3.63) is 0 Å². The molecule has 3 heteroatoms. The quantitative estimate of drug-likeness (QED) is 0.394. The Morgan fingerprint density at radius 3 is 2.83 bits per heavy atom. The van der Waals surface area contributed by atoms with Crippen LogP contribution in [0.15, 0.2) is 0 Å². The van der Waals surface area contributed by atoms with Crippen LogP contribution in [0.5, 0.6) is 0 Å². The van der Waals surface area contributed by atoms with E-state index in [0.717, 1.165) is 12.8 Å². The van der Waals surface area contributed by atoms with E-state index in [1.54, 1.807) is 0 Å². The van der Waals surface area contributed by atoms with E-state index in [-0.39, 0.29) is 0 Å². The molecule has 0 aromatic heterocycles. The number of hydrogen-bond acceptors (Lipinski definition) is 2. The van der Waals surface area contributed by atoms with Gasteiger partial charge in [-0.1, -0.05) is 8.73 Å². The Labute approximate surface area is 38.9 Å². The van der Waals surface area contributed by atoms with E-state index in [2.05, 4.69) is 0 Å². The van der Waals surface area contributed by atoms with Crippen LogP contribution in [-0.2, 0) is 4.74 Å². The van der Waals surface area contributed by atoms with Crippen LogP contribution in [0.1, 0.15) is 0 Å². The molecule has 2 nitrogen and oxygen atoms in total. The summed E-state index contributed by atoms with van der Waals surface area (Å²) in [4.78, 5) is 0. The molecule has 2 atom stereocenters. The minimum atomic E-state index is 0.535. The molecule has 0 spiro atoms. The van der Waals surface area contributed by atoms with Crippen molar-refractivity contribution >= 4 is 8.73 Å². The number of epoxide rings is 1. The van der Waals surface area contributed by atoms with Crippen LogP contribution in [0, 0.1) is 0 Å². The normalized spacial score (nSPS) is 32.5. The average molecular weight is 105 g/mol. The first kappa shape index (κ1) is 4.51. The molecule has 2 unspecified atom stereocenters. The molecule has 0 bridgehead atoms. The van der Waals surface area contributed by atoms with Crippen LogP contribution in [0.3, 0.4) is 0 Å². The van der Waals surface area contributed by atoms with E-state index in [1.165, 1.54) is 0 Å². The number of hydrogen-bond donors (Lipinski definition) is 1. The Balaban J connectivity index is 1.88. The van der Waals surface area contributed by atoms with Crippen LogP contribution in [0.2, 0.25) is 0 Å². The molecule has 36 valence electrons. The second-order valence-electron chi connectivity index (χ2n) is 1.36. The van der Waals surface area contributed by atoms with Gasteiger partial charge in [-0.05, 0) is 0 Å². The molecular formula is C3H8NOP. The molecule has 1 rings (SSSR count). The average Bonchev–Trinajstić information content (AvgIpc) is 2.21. The molecule has 1 saturated heterocycles. The molecule has 1 aliphatic rings. The molecule has 1 heterocycles. The smallest absolute Gasteiger partial charge is 0.0858 e. The van der Waals surface area contributed by atoms with E-state index in [1.807, 2.05) is 0 Å². The van der Waals surface area contributed by atoms with Gasteiger partial charge in [-0.3, -0.25) is 0 Å². The Kier molecular flexibility index (Phi) is 1.41. The summed E-state index contributed by atoms with van der Waals surface area (Å²) in [5.74, 6) is 0. The Hall–Kier alpha value is 0.350. The van der Waals surface area contributed by atoms with Crippen molar-refractivity contribution in [3.63, 3.8) is 0 Å². The zero-order valence-electron chi connectivity index (χ0n) is 3.48. The van der Waals surface area contributed by atoms with Crippen LogP contribution in [0.4, 0.5) is 0 Å². The maximum absolute atomic E-state index is 5.22. The van der Waals surface area contributed by atoms with Gasteiger partial charge in [0, 0.05) is 6.16 Å². The monoisotopic (exact) mass is 105 g/mol. The molecule has 1 fully saturated rings. The highest BCUT2D eigenvalue weighted by Gasteiger charge is 2.20. The molecule has 1 aliphatic heterocycles. The topological polar surface area (TPSA) is 38.5 Å². The highest BCUT2D eigenvalue weighted by Crippen LogP contribution is 2.14. The molecule has 0 saturated carbocycles. The number of ether oxygens (including phenoxy) is 1. The fourth-order valence-corrected chi connectivity index (χ4v) is 0.816. The maximum Gasteiger partial charge on any atom is 0.0858 e. The zero-order chi connectivity index (χ0) is 4.41. The lowest BCUT2D eigenvalue weighted by Gasteiger charge is -1.81. The third kappa shape index (κ3) is 1.21. The summed E-state index contributed by atoms with van der Waals surface area (Å²) in [5.41, 5.74) is 5.22. The second kappa shape index (κ2) is 1.87. The summed E-state index contributed by atoms with van der Waals surface area (Å²) in [6.07, 6.45) is 1.60. The predicted molar refractivity (Wildman–Crippen MR) is 27.1 cm³/mol. The van der Waals surface area contributed by atoms with Crippen molar-refractivity contribution in [2.45, 2.75) is 6.10 Å². The van der Waals surface area contributed by atoms with E-state index in [4.69, 9.17) is 10.2 Å². The van der Waals surface area contributed by atoms with Crippen molar-refractivity contribution < 1.29 is 4.74 Å². The van der Waals surface area contributed by atoms with Crippen molar-refractivity contribution in [3.8, 4) is 0 Å². The predicted octanol–water partition coefficient (Wildman–Crippen LogP) is -0.0626. The van der Waals surface area contributed by atoms with Crippen LogP contribution < -0.4 is 5.50 Å². The van der Waals surface area contributed by atoms with Gasteiger partial charge in [-0.25, -0.2) is 0 Å². The number of rotatable bonds is 2. The van der Waals surface area contributed by atoms with Gasteiger partial charge in [0.1, 0.15) is 0 Å². The van der Waals surface area contributed by atoms with Gasteiger partial charge in [-0.15, -0.1) is 0 Å². The van der Waals surface area contributed by atoms with Crippen molar-refractivity contribution in [1.29, 1.82) is 0 Å². The minimum Gasteiger partial charge on any atom is -0.373 e. The van der Waals surface area contributed by atoms with Crippen LogP contribution in [-0.4, -0.2) is 18.9 Å². The van der Waals surface area contributed by atoms with Gasteiger partial charge >= 0.3 is 0 Å². The summed E-state index contributed by atoms with van der Waals surface area (Å²) in [6, 6.07) is 0. The van der Waals surface area contributed by atoms with Crippen molar-refractivity contribution in [2.75, 3.05) is 12.8 Å². The first-order valence-corrected chi connectivity index (χ1v) is 3.27. The Morgan fingerprint density at radius 1 is 2.00 bits per heavy atom. The minimum absolute atomic E-state index is 0.535. The molecule has 2 N–H and O–H groups in total. The van der Waals surface area contributed by atoms with Gasteiger partial charge in [0.05, 0.1) is 12.7 Å². The summed E-state index contributed by atoms with van der Waals surface area (Å²) >= 11 is 0. The highest BCUT2D eigenvalue weighted by atomic mass is 31.1. The third-order valence-corrected chi connectivity index (χ3v) is 1.44. The Bertz CT molecular complexity index is 46.1. The highest BCUT2D eigenvalue weighted by molar-refractivity contribution is 7.35. The molecule has 6 heavy (non-hydrogen) atoms. The van der Waals surface area contributed by atoms with E-state index in [0.29, 0.717) is 14.8 Å². The standard InChI is InChI=1S/C3H8NOP/c4-6-2-3-1-5-3/h3,6H,1-2,4H2. The third-order valence-electron chi connectivity index (χ3n) is 0.748. The first-order chi connectivity index (χ1) is 2.93. The molecule has 0 aromatic rings. The van der Waals surface area contributed by atoms with E-state index in [9.17, 15) is 0 Å². The summed E-state index contributed by atoms with van der Waals surface area (Å²) in [7, 11) is 0.576. The maximum atomic E-state index is 5.22. The van der Waals surface area contributed by atoms with Crippen molar-refractivity contribution in [2.24, 2.45) is 5.50 Å². The molecule has 0 radical (unpaired) electrons. The lowest BCUT2D eigenvalue weighted by Crippen LogP contribution is -1.88. The van der Waals surface area contributed by atoms with Crippen molar-refractivity contribution in [1.82, 2.24) is 0 Å². The van der Waals surface area contributed by atoms with Crippen LogP contribution in [0.25, 0.3) is 0 Å². The molecule has 0 amide bonds. The molecule has 0 aromatic carbocycles. The first-order valence-electron chi connectivity index (χ1n) is 1.98. The van der Waals surface area contributed by atoms with Gasteiger partial charge in [0.15, 0.2) is 0 Å². The van der Waals surface area contributed by atoms with Crippen LogP contribution >= 0.6 is 8.73 Å². The SMILES string of the molecule is NPCC1CO1. The Morgan fingerprint density at radius 2 is 2.67 bits per heavy atom. The van der Waals surface area contributed by atoms with Gasteiger partial charge in [0.2, 0.25) is 0 Å². The molecular weight excluding hydrogens is 97.0 g/mol. The number of nitrogens with two attached hydrogens (primary N) is 1. The van der Waals surface area contributed by atoms with E-state index >= 15 is 0 Å². The van der Waals surface area contributed by atoms with Gasteiger partial charge in [0.25, 0.3) is 0 Å². The van der Waals surface area contributed by atoms with Gasteiger partial charge < -0.3 is 10.2 Å². The van der Waals surface area contributed by atoms with Gasteiger partial charge in [-0.2, -0.15) is 0 Å². The summed E-state index contributed by atoms with van der Waals surface area (Å²) in [6.45, 7) is 0.949. The van der Waals surface area contributed by atoms with E-state index < -0.39 is 0 Å². The fourth-order valence-electron chi connectivity index (χ4n) is 0.317. The zero-order valence-corrected chi connectivity index (χ0v) is 4.48. The summed E-state index contributed by atoms with van der Waals surface area (Å²) < 4.78 is 4.88. The lowest BCUT2D eigenvalue weighted by atomic mass is 10.6. The summed E-state index contributed by atoms with van der Waals surface area (Å²) in [5, 5.41) is 0.